The first-order valence-electron chi connectivity index (χ1n) is 36.4. The highest BCUT2D eigenvalue weighted by Gasteiger charge is 2.62. The molecule has 0 fully saturated rings. The van der Waals surface area contributed by atoms with Crippen molar-refractivity contribution in [2.45, 2.75) is 220 Å². The lowest BCUT2D eigenvalue weighted by Crippen LogP contribution is -2.45. The fraction of sp³-hybridized carbons (Fsp3) is 0.405. The van der Waals surface area contributed by atoms with E-state index in [1.807, 2.05) is 0 Å². The number of aryl methyl sites for hydroxylation is 2. The van der Waals surface area contributed by atoms with Crippen LogP contribution in [0, 0.1) is 25.5 Å². The van der Waals surface area contributed by atoms with Gasteiger partial charge in [-0.2, -0.15) is 36.1 Å². The molecule has 0 aliphatic rings. The predicted octanol–water partition coefficient (Wildman–Crippen LogP) is 20.4. The van der Waals surface area contributed by atoms with E-state index < -0.39 is 155 Å². The van der Waals surface area contributed by atoms with Crippen LogP contribution in [0.25, 0.3) is 23.2 Å². The number of alkyl halides is 6. The fourth-order valence-corrected chi connectivity index (χ4v) is 10.6. The largest absolute Gasteiger partial charge is 0.473 e. The van der Waals surface area contributed by atoms with Gasteiger partial charge in [-0.3, -0.25) is 4.79 Å². The molecule has 620 valence electrons. The van der Waals surface area contributed by atoms with Crippen molar-refractivity contribution in [1.82, 2.24) is 30.4 Å². The third kappa shape index (κ3) is 27.0. The van der Waals surface area contributed by atoms with Crippen molar-refractivity contribution in [3.63, 3.8) is 0 Å². The molecule has 2 unspecified atom stereocenters. The van der Waals surface area contributed by atoms with E-state index in [0.717, 1.165) is 17.2 Å². The Hall–Kier alpha value is -11.2. The molecule has 8 aromatic rings. The number of allylic oxidation sites excluding steroid dienone is 2. The Kier molecular flexibility index (Phi) is 32.0. The second-order valence-corrected chi connectivity index (χ2v) is 30.4. The van der Waals surface area contributed by atoms with E-state index in [0.29, 0.717) is 45.8 Å². The number of anilines is 2. The first-order valence-corrected chi connectivity index (χ1v) is 36.4. The number of carbonyl (C=O) groups excluding carboxylic acids is 4. The summed E-state index contributed by atoms with van der Waals surface area (Å²) in [5.74, 6) is -3.88. The van der Waals surface area contributed by atoms with E-state index in [1.54, 1.807) is 187 Å². The molecular weight excluding hydrogens is 1510 g/mol. The molecule has 4 aromatic carbocycles. The number of rotatable bonds is 28. The summed E-state index contributed by atoms with van der Waals surface area (Å²) < 4.78 is 168. The van der Waals surface area contributed by atoms with E-state index in [-0.39, 0.29) is 47.9 Å². The number of ether oxygens (including phenoxy) is 7. The Labute approximate surface area is 662 Å². The van der Waals surface area contributed by atoms with Crippen molar-refractivity contribution < 1.29 is 101 Å². The van der Waals surface area contributed by atoms with Crippen molar-refractivity contribution in [3.05, 3.63) is 239 Å². The second-order valence-electron chi connectivity index (χ2n) is 30.4. The topological polar surface area (TPSA) is 283 Å². The van der Waals surface area contributed by atoms with Gasteiger partial charge in [0.2, 0.25) is 17.1 Å². The lowest BCUT2D eigenvalue weighted by Gasteiger charge is -2.32. The molecule has 23 nitrogen and oxygen atoms in total. The van der Waals surface area contributed by atoms with Crippen LogP contribution < -0.4 is 20.1 Å². The number of halogens is 8. The molecule has 0 aliphatic heterocycles. The minimum absolute atomic E-state index is 0.0485. The molecule has 115 heavy (non-hydrogen) atoms. The predicted molar refractivity (Wildman–Crippen MR) is 414 cm³/mol. The van der Waals surface area contributed by atoms with Gasteiger partial charge in [0.1, 0.15) is 45.8 Å². The monoisotopic (exact) mass is 1610 g/mol. The number of aromatic nitrogens is 6. The third-order valence-corrected chi connectivity index (χ3v) is 16.0. The lowest BCUT2D eigenvalue weighted by atomic mass is 9.96. The van der Waals surface area contributed by atoms with Crippen molar-refractivity contribution in [2.75, 3.05) is 9.80 Å². The van der Waals surface area contributed by atoms with Crippen molar-refractivity contribution in [1.29, 1.82) is 0 Å². The molecule has 0 bridgehead atoms. The summed E-state index contributed by atoms with van der Waals surface area (Å²) in [5.41, 5.74) is -9.80. The number of aliphatic hydroxyl groups is 1. The number of pyridine rings is 2. The van der Waals surface area contributed by atoms with Crippen LogP contribution in [0.2, 0.25) is 0 Å². The molecule has 0 saturated carbocycles. The van der Waals surface area contributed by atoms with Crippen LogP contribution >= 0.6 is 0 Å². The number of hydrogen-bond donors (Lipinski definition) is 2. The van der Waals surface area contributed by atoms with Crippen LogP contribution in [0.15, 0.2) is 186 Å². The molecule has 0 spiro atoms. The van der Waals surface area contributed by atoms with Gasteiger partial charge in [0.25, 0.3) is 29.1 Å². The minimum atomic E-state index is -5.08. The standard InChI is InChI=1S/C42H48F4N4O7.C31H37F3N4O7.C11H13FO/c1-10-12-23-41(42(44,45)46,53-26-29-17-14-13-15-18-29)36-49-48-35(55-36)33-32(50(37(51)56-39(4,5)6)38(52)57-40(7,8)9)24-27(3)34(47-33)54-31(16-11-2)25-28-19-21-30(43)22-20-28;1-9-10-16-30(31(32,33)34,42-18-20-14-12-11-13-15-20)25-37-36-24(43-25)22-21(17-19(2)23(39)35-22)38(26(40)44-28(3,4)5)27(41)45-29(6,7)8;1-2-3-11(13)8-9-4-6-10(12)7-5-9/h10-11,13-15,17-22,24,31H,1-2,12,16,23,25-26H2,3-9H3;9,11-15,17H,1,10,16,18H2,2-8H3,(H,35,39);2,4-7,11,13H,1,3,8H2/t31?,41-;30-;/m11./s1. The molecule has 0 aliphatic carbocycles. The molecule has 2 N–H and O–H groups in total. The smallest absolute Gasteiger partial charge is 0.426 e. The average Bonchev–Trinajstić information content (AvgIpc) is 1.66. The Balaban J connectivity index is 0.000000314. The molecule has 4 amide bonds. The molecule has 4 aromatic heterocycles. The summed E-state index contributed by atoms with van der Waals surface area (Å²) in [4.78, 5) is 75.3. The minimum Gasteiger partial charge on any atom is -0.473 e. The Morgan fingerprint density at radius 1 is 0.504 bits per heavy atom. The first-order chi connectivity index (χ1) is 53.7. The Bertz CT molecular complexity index is 4590. The third-order valence-electron chi connectivity index (χ3n) is 16.0. The highest BCUT2D eigenvalue weighted by atomic mass is 19.4. The number of nitrogens with zero attached hydrogens (tertiary/aromatic N) is 7. The van der Waals surface area contributed by atoms with Crippen molar-refractivity contribution in [3.8, 4) is 29.0 Å². The molecule has 0 radical (unpaired) electrons. The van der Waals surface area contributed by atoms with E-state index in [1.165, 1.54) is 49.4 Å². The van der Waals surface area contributed by atoms with Gasteiger partial charge in [-0.25, -0.2) is 32.9 Å². The first kappa shape index (κ1) is 92.7. The van der Waals surface area contributed by atoms with Crippen LogP contribution in [-0.4, -0.2) is 107 Å². The molecule has 4 heterocycles. The van der Waals surface area contributed by atoms with Crippen LogP contribution in [0.1, 0.15) is 167 Å². The quantitative estimate of drug-likeness (QED) is 0.0262. The van der Waals surface area contributed by atoms with Crippen LogP contribution in [-0.2, 0) is 65.7 Å². The van der Waals surface area contributed by atoms with Crippen molar-refractivity contribution >= 4 is 35.7 Å². The highest BCUT2D eigenvalue weighted by Crippen LogP contribution is 2.49. The molecular formula is C84H98F8N8O15. The van der Waals surface area contributed by atoms with Gasteiger partial charge in [-0.05, 0) is 194 Å². The average molecular weight is 1610 g/mol. The maximum absolute atomic E-state index is 15.3. The number of aliphatic hydroxyl groups excluding tert-OH is 1. The van der Waals surface area contributed by atoms with Gasteiger partial charge in [0.15, 0.2) is 5.69 Å². The number of H-pyrrole nitrogens is 1. The number of nitrogens with one attached hydrogen (secondary N) is 1. The summed E-state index contributed by atoms with van der Waals surface area (Å²) in [5, 5.41) is 24.7. The highest BCUT2D eigenvalue weighted by molar-refractivity contribution is 6.12. The molecule has 0 saturated heterocycles. The van der Waals surface area contributed by atoms with Crippen LogP contribution in [0.4, 0.5) is 65.7 Å². The normalized spacial score (nSPS) is 13.5. The number of hydrogen-bond acceptors (Lipinski definition) is 20. The summed E-state index contributed by atoms with van der Waals surface area (Å²) in [6.45, 7) is 35.4. The maximum atomic E-state index is 15.3. The number of carbonyl (C=O) groups is 4. The zero-order valence-corrected chi connectivity index (χ0v) is 66.7. The van der Waals surface area contributed by atoms with E-state index in [9.17, 15) is 51.0 Å². The van der Waals surface area contributed by atoms with E-state index >= 15 is 13.2 Å². The van der Waals surface area contributed by atoms with Gasteiger partial charge >= 0.3 is 36.7 Å². The summed E-state index contributed by atoms with van der Waals surface area (Å²) in [6, 6.07) is 30.9. The lowest BCUT2D eigenvalue weighted by molar-refractivity contribution is -0.299. The van der Waals surface area contributed by atoms with Gasteiger partial charge in [0.05, 0.1) is 30.7 Å². The number of amides is 4. The summed E-state index contributed by atoms with van der Waals surface area (Å²) in [7, 11) is 0. The fourth-order valence-electron chi connectivity index (χ4n) is 10.6. The van der Waals surface area contributed by atoms with Gasteiger partial charge in [-0.15, -0.1) is 46.7 Å². The SMILES string of the molecule is C=CCC(O)Cc1ccc(F)cc1.C=CCC[C@@](OCc1ccccc1)(c1nnc(-c2[nH]c(=O)c(C)cc2N(C(=O)OC(C)(C)C)C(=O)OC(C)(C)C)o1)C(F)(F)F.C=CCC[C@@](OCc1ccccc1)(c1nnc(-c2nc(OC(CC=C)Cc3ccc(F)cc3)c(C)cc2N(C(=O)OC(C)(C)C)C(=O)OC(C)(C)C)o1)C(F)(F)F. The van der Waals surface area contributed by atoms with E-state index in [4.69, 9.17) is 42.0 Å². The zero-order chi connectivity index (χ0) is 85.7. The maximum Gasteiger partial charge on any atom is 0.426 e. The molecule has 4 atom stereocenters. The number of benzene rings is 4. The van der Waals surface area contributed by atoms with Crippen LogP contribution in [0.3, 0.4) is 0 Å². The molecule has 8 rings (SSSR count). The summed E-state index contributed by atoms with van der Waals surface area (Å²) in [6.07, 6.45) is -9.94. The summed E-state index contributed by atoms with van der Waals surface area (Å²) >= 11 is 0. The Morgan fingerprint density at radius 3 is 1.28 bits per heavy atom. The van der Waals surface area contributed by atoms with Crippen molar-refractivity contribution in [2.24, 2.45) is 0 Å². The Morgan fingerprint density at radius 2 is 0.887 bits per heavy atom. The van der Waals surface area contributed by atoms with Gasteiger partial charge in [0, 0.05) is 24.0 Å². The van der Waals surface area contributed by atoms with E-state index in [2.05, 4.69) is 56.7 Å². The second kappa shape index (κ2) is 39.7. The van der Waals surface area contributed by atoms with Gasteiger partial charge in [-0.1, -0.05) is 109 Å². The zero-order valence-electron chi connectivity index (χ0n) is 66.7. The number of imide groups is 2. The van der Waals surface area contributed by atoms with Gasteiger partial charge < -0.3 is 52.1 Å². The molecule has 31 heteroatoms. The number of aromatic amines is 1. The van der Waals surface area contributed by atoms with Crippen LogP contribution in [0.5, 0.6) is 5.88 Å².